The minimum Gasteiger partial charge on any atom is -0.321 e. The summed E-state index contributed by atoms with van der Waals surface area (Å²) in [6.45, 7) is 1.94. The third-order valence-electron chi connectivity index (χ3n) is 3.53. The lowest BCUT2D eigenvalue weighted by Gasteiger charge is -2.25. The summed E-state index contributed by atoms with van der Waals surface area (Å²) < 4.78 is 11.7. The zero-order valence-corrected chi connectivity index (χ0v) is 13.6. The largest absolute Gasteiger partial charge is 0.322 e. The summed E-state index contributed by atoms with van der Waals surface area (Å²) >= 11 is 0. The van der Waals surface area contributed by atoms with Crippen LogP contribution in [0.5, 0.6) is 0 Å². The van der Waals surface area contributed by atoms with Crippen LogP contribution in [0.25, 0.3) is 0 Å². The van der Waals surface area contributed by atoms with Gasteiger partial charge in [-0.05, 0) is 36.8 Å². The summed E-state index contributed by atoms with van der Waals surface area (Å²) in [5.41, 5.74) is 1.57. The van der Waals surface area contributed by atoms with E-state index in [9.17, 15) is 9.00 Å². The number of carbonyl (C=O) groups is 1. The van der Waals surface area contributed by atoms with E-state index in [0.717, 1.165) is 5.56 Å². The van der Waals surface area contributed by atoms with Gasteiger partial charge in [-0.2, -0.15) is 0 Å². The molecule has 0 saturated heterocycles. The van der Waals surface area contributed by atoms with Crippen molar-refractivity contribution in [2.24, 2.45) is 0 Å². The third-order valence-corrected chi connectivity index (χ3v) is 4.50. The predicted octanol–water partition coefficient (Wildman–Crippen LogP) is 3.04. The summed E-state index contributed by atoms with van der Waals surface area (Å²) in [4.78, 5) is 18.6. The Labute approximate surface area is 132 Å². The molecule has 1 heterocycles. The predicted molar refractivity (Wildman–Crippen MR) is 88.2 cm³/mol. The molecule has 0 aliphatic carbocycles. The summed E-state index contributed by atoms with van der Waals surface area (Å²) in [6.07, 6.45) is 4.99. The Morgan fingerprint density at radius 2 is 1.86 bits per heavy atom. The molecule has 0 radical (unpaired) electrons. The second-order valence-electron chi connectivity index (χ2n) is 4.95. The van der Waals surface area contributed by atoms with E-state index in [0.29, 0.717) is 10.6 Å². The van der Waals surface area contributed by atoms with Gasteiger partial charge in [-0.3, -0.25) is 9.19 Å². The zero-order chi connectivity index (χ0) is 16.1. The SMILES string of the molecule is C[C@H](c1ccncc1)N(C)C(=O)Nc1ccccc1[S@](C)=O. The number of hydrogen-bond donors (Lipinski definition) is 1. The standard InChI is InChI=1S/C16H19N3O2S/c1-12(13-8-10-17-11-9-13)19(2)16(20)18-14-6-4-5-7-15(14)22(3)21/h4-12H,1-3H3,(H,18,20)/t12-,22+/m1/s1. The lowest BCUT2D eigenvalue weighted by Crippen LogP contribution is -2.33. The van der Waals surface area contributed by atoms with E-state index in [4.69, 9.17) is 0 Å². The molecule has 116 valence electrons. The second kappa shape index (κ2) is 7.17. The summed E-state index contributed by atoms with van der Waals surface area (Å²) in [6, 6.07) is 10.5. The average molecular weight is 317 g/mol. The van der Waals surface area contributed by atoms with Gasteiger partial charge in [0.05, 0.1) is 27.4 Å². The molecular formula is C16H19N3O2S. The van der Waals surface area contributed by atoms with Crippen molar-refractivity contribution in [1.29, 1.82) is 0 Å². The van der Waals surface area contributed by atoms with Gasteiger partial charge in [0.2, 0.25) is 0 Å². The van der Waals surface area contributed by atoms with Crippen LogP contribution >= 0.6 is 0 Å². The number of carbonyl (C=O) groups excluding carboxylic acids is 1. The number of nitrogens with one attached hydrogen (secondary N) is 1. The van der Waals surface area contributed by atoms with Crippen LogP contribution < -0.4 is 5.32 Å². The Kier molecular flexibility index (Phi) is 5.27. The fraction of sp³-hybridized carbons (Fsp3) is 0.250. The smallest absolute Gasteiger partial charge is 0.321 e. The number of benzene rings is 1. The average Bonchev–Trinajstić information content (AvgIpc) is 2.54. The quantitative estimate of drug-likeness (QED) is 0.943. The number of aromatic nitrogens is 1. The first-order chi connectivity index (χ1) is 10.5. The zero-order valence-electron chi connectivity index (χ0n) is 12.8. The number of anilines is 1. The Morgan fingerprint density at radius 1 is 1.23 bits per heavy atom. The maximum absolute atomic E-state index is 12.4. The molecule has 0 spiro atoms. The molecule has 0 aliphatic heterocycles. The van der Waals surface area contributed by atoms with Gasteiger partial charge in [-0.25, -0.2) is 4.79 Å². The highest BCUT2D eigenvalue weighted by Gasteiger charge is 2.18. The van der Waals surface area contributed by atoms with E-state index < -0.39 is 10.8 Å². The third kappa shape index (κ3) is 3.71. The minimum absolute atomic E-state index is 0.0951. The first kappa shape index (κ1) is 16.2. The number of nitrogens with zero attached hydrogens (tertiary/aromatic N) is 2. The summed E-state index contributed by atoms with van der Waals surface area (Å²) in [5, 5.41) is 2.82. The summed E-state index contributed by atoms with van der Waals surface area (Å²) in [5.74, 6) is 0. The number of hydrogen-bond acceptors (Lipinski definition) is 3. The molecule has 0 unspecified atom stereocenters. The Bertz CT molecular complexity index is 676. The van der Waals surface area contributed by atoms with Gasteiger partial charge in [0.25, 0.3) is 0 Å². The van der Waals surface area contributed by atoms with Crippen LogP contribution in [0.1, 0.15) is 18.5 Å². The van der Waals surface area contributed by atoms with Gasteiger partial charge >= 0.3 is 6.03 Å². The van der Waals surface area contributed by atoms with E-state index in [1.54, 1.807) is 54.9 Å². The molecule has 0 aliphatic rings. The molecule has 1 aromatic heterocycles. The molecule has 0 bridgehead atoms. The second-order valence-corrected chi connectivity index (χ2v) is 6.30. The van der Waals surface area contributed by atoms with Crippen LogP contribution in [0.3, 0.4) is 0 Å². The van der Waals surface area contributed by atoms with E-state index in [1.807, 2.05) is 19.1 Å². The number of urea groups is 1. The highest BCUT2D eigenvalue weighted by Crippen LogP contribution is 2.22. The molecular weight excluding hydrogens is 298 g/mol. The fourth-order valence-corrected chi connectivity index (χ4v) is 2.76. The molecule has 2 rings (SSSR count). The molecule has 22 heavy (non-hydrogen) atoms. The van der Waals surface area contributed by atoms with Gasteiger partial charge < -0.3 is 10.2 Å². The molecule has 0 saturated carbocycles. The number of pyridine rings is 1. The number of amides is 2. The molecule has 2 aromatic rings. The van der Waals surface area contributed by atoms with Gasteiger partial charge in [0, 0.05) is 25.7 Å². The van der Waals surface area contributed by atoms with E-state index in [-0.39, 0.29) is 12.1 Å². The number of rotatable bonds is 4. The first-order valence-corrected chi connectivity index (χ1v) is 8.42. The Balaban J connectivity index is 2.14. The van der Waals surface area contributed by atoms with Crippen LogP contribution in [0, 0.1) is 0 Å². The van der Waals surface area contributed by atoms with Crippen LogP contribution in [-0.4, -0.2) is 33.4 Å². The van der Waals surface area contributed by atoms with Crippen molar-refractivity contribution < 1.29 is 9.00 Å². The van der Waals surface area contributed by atoms with Gasteiger partial charge in [0.15, 0.2) is 0 Å². The van der Waals surface area contributed by atoms with E-state index >= 15 is 0 Å². The highest BCUT2D eigenvalue weighted by molar-refractivity contribution is 7.84. The molecule has 6 heteroatoms. The van der Waals surface area contributed by atoms with Crippen molar-refractivity contribution in [3.63, 3.8) is 0 Å². The molecule has 2 amide bonds. The maximum Gasteiger partial charge on any atom is 0.322 e. The van der Waals surface area contributed by atoms with E-state index in [2.05, 4.69) is 10.3 Å². The van der Waals surface area contributed by atoms with Crippen molar-refractivity contribution >= 4 is 22.5 Å². The van der Waals surface area contributed by atoms with Crippen LogP contribution in [0.2, 0.25) is 0 Å². The fourth-order valence-electron chi connectivity index (χ4n) is 2.07. The van der Waals surface area contributed by atoms with Gasteiger partial charge in [-0.15, -0.1) is 0 Å². The molecule has 2 atom stereocenters. The lowest BCUT2D eigenvalue weighted by molar-refractivity contribution is 0.208. The highest BCUT2D eigenvalue weighted by atomic mass is 32.2. The van der Waals surface area contributed by atoms with Crippen molar-refractivity contribution in [2.75, 3.05) is 18.6 Å². The van der Waals surface area contributed by atoms with Crippen molar-refractivity contribution in [1.82, 2.24) is 9.88 Å². The number of para-hydroxylation sites is 1. The van der Waals surface area contributed by atoms with Crippen molar-refractivity contribution in [2.45, 2.75) is 17.9 Å². The van der Waals surface area contributed by atoms with Crippen LogP contribution in [-0.2, 0) is 10.8 Å². The lowest BCUT2D eigenvalue weighted by atomic mass is 10.1. The monoisotopic (exact) mass is 317 g/mol. The normalized spacial score (nSPS) is 13.2. The topological polar surface area (TPSA) is 62.3 Å². The van der Waals surface area contributed by atoms with Gasteiger partial charge in [0.1, 0.15) is 0 Å². The maximum atomic E-state index is 12.4. The Hall–Kier alpha value is -2.21. The summed E-state index contributed by atoms with van der Waals surface area (Å²) in [7, 11) is 0.570. The first-order valence-electron chi connectivity index (χ1n) is 6.87. The van der Waals surface area contributed by atoms with Crippen LogP contribution in [0.4, 0.5) is 10.5 Å². The molecule has 1 aromatic carbocycles. The Morgan fingerprint density at radius 3 is 2.50 bits per heavy atom. The van der Waals surface area contributed by atoms with Crippen LogP contribution in [0.15, 0.2) is 53.7 Å². The molecule has 1 N–H and O–H groups in total. The molecule has 0 fully saturated rings. The van der Waals surface area contributed by atoms with Crippen molar-refractivity contribution in [3.05, 3.63) is 54.4 Å². The van der Waals surface area contributed by atoms with E-state index in [1.165, 1.54) is 0 Å². The van der Waals surface area contributed by atoms with Crippen molar-refractivity contribution in [3.8, 4) is 0 Å². The van der Waals surface area contributed by atoms with Gasteiger partial charge in [-0.1, -0.05) is 12.1 Å². The minimum atomic E-state index is -1.16. The molecule has 5 nitrogen and oxygen atoms in total.